The van der Waals surface area contributed by atoms with Crippen molar-refractivity contribution in [2.24, 2.45) is 0 Å². The number of nitrogen functional groups attached to an aromatic ring is 1. The molecule has 0 saturated carbocycles. The quantitative estimate of drug-likeness (QED) is 0.537. The van der Waals surface area contributed by atoms with Gasteiger partial charge in [-0.1, -0.05) is 12.1 Å². The Labute approximate surface area is 166 Å². The molecule has 1 fully saturated rings. The second-order valence-electron chi connectivity index (χ2n) is 6.10. The molecule has 150 valence electrons. The van der Waals surface area contributed by atoms with Crippen molar-refractivity contribution < 1.29 is 14.7 Å². The van der Waals surface area contributed by atoms with Crippen molar-refractivity contribution >= 4 is 24.1 Å². The van der Waals surface area contributed by atoms with Crippen LogP contribution in [0.3, 0.4) is 0 Å². The van der Waals surface area contributed by atoms with Gasteiger partial charge in [0.25, 0.3) is 12.4 Å². The Hall–Kier alpha value is -4.02. The maximum Gasteiger partial charge on any atom is 0.290 e. The van der Waals surface area contributed by atoms with Crippen LogP contribution in [0.4, 0.5) is 11.8 Å². The van der Waals surface area contributed by atoms with E-state index < -0.39 is 0 Å². The minimum absolute atomic E-state index is 0.0208. The summed E-state index contributed by atoms with van der Waals surface area (Å²) in [7, 11) is 0. The molecule has 3 heterocycles. The summed E-state index contributed by atoms with van der Waals surface area (Å²) >= 11 is 0. The number of carboxylic acid groups (broad SMARTS) is 1. The van der Waals surface area contributed by atoms with Crippen LogP contribution in [0, 0.1) is 0 Å². The number of aromatic amines is 1. The number of piperazine rings is 1. The number of anilines is 2. The topological polar surface area (TPSA) is 154 Å². The van der Waals surface area contributed by atoms with Crippen molar-refractivity contribution in [3.05, 3.63) is 48.5 Å². The molecule has 29 heavy (non-hydrogen) atoms. The Kier molecular flexibility index (Phi) is 6.30. The molecule has 4 rings (SSSR count). The number of nitrogens with two attached hydrogens (primary N) is 1. The molecule has 11 nitrogen and oxygen atoms in total. The largest absolute Gasteiger partial charge is 0.483 e. The van der Waals surface area contributed by atoms with Crippen LogP contribution in [0.25, 0.3) is 11.3 Å². The predicted molar refractivity (Wildman–Crippen MR) is 105 cm³/mol. The van der Waals surface area contributed by atoms with Gasteiger partial charge in [-0.25, -0.2) is 10.1 Å². The van der Waals surface area contributed by atoms with E-state index in [9.17, 15) is 4.79 Å². The molecule has 1 amide bonds. The zero-order valence-electron chi connectivity index (χ0n) is 15.5. The second-order valence-corrected chi connectivity index (χ2v) is 6.10. The highest BCUT2D eigenvalue weighted by molar-refractivity contribution is 5.94. The van der Waals surface area contributed by atoms with Crippen molar-refractivity contribution in [1.29, 1.82) is 0 Å². The van der Waals surface area contributed by atoms with Gasteiger partial charge in [-0.3, -0.25) is 14.6 Å². The molecule has 0 aliphatic carbocycles. The van der Waals surface area contributed by atoms with E-state index in [1.54, 1.807) is 6.20 Å². The Morgan fingerprint density at radius 1 is 1.14 bits per heavy atom. The van der Waals surface area contributed by atoms with Crippen LogP contribution in [0.1, 0.15) is 10.4 Å². The van der Waals surface area contributed by atoms with Gasteiger partial charge >= 0.3 is 0 Å². The number of H-pyrrole nitrogens is 1. The zero-order chi connectivity index (χ0) is 20.6. The van der Waals surface area contributed by atoms with E-state index in [1.165, 1.54) is 12.5 Å². The van der Waals surface area contributed by atoms with Crippen molar-refractivity contribution in [1.82, 2.24) is 30.0 Å². The fraction of sp³-hybridized carbons (Fsp3) is 0.222. The van der Waals surface area contributed by atoms with E-state index in [2.05, 4.69) is 30.0 Å². The molecule has 0 unspecified atom stereocenters. The van der Waals surface area contributed by atoms with Crippen LogP contribution in [0.15, 0.2) is 43.0 Å². The lowest BCUT2D eigenvalue weighted by Gasteiger charge is -2.34. The molecule has 1 aromatic carbocycles. The number of carbonyl (C=O) groups excluding carboxylic acids is 1. The van der Waals surface area contributed by atoms with Gasteiger partial charge < -0.3 is 20.6 Å². The second kappa shape index (κ2) is 9.26. The van der Waals surface area contributed by atoms with Gasteiger partial charge in [-0.2, -0.15) is 10.1 Å². The Bertz CT molecular complexity index is 938. The number of aromatic nitrogens is 5. The first kappa shape index (κ1) is 19.7. The minimum Gasteiger partial charge on any atom is -0.483 e. The Morgan fingerprint density at radius 2 is 1.83 bits per heavy atom. The number of rotatable bonds is 3. The first-order chi connectivity index (χ1) is 14.1. The smallest absolute Gasteiger partial charge is 0.290 e. The standard InChI is InChI=1S/C17H18N8O.CH2O2/c18-15-10-19-9-14(22-15)12-1-3-13(4-2-12)16(26)24-5-7-25(8-6-24)17-20-11-21-23-17;2-1-3/h1-4,9-11H,5-8H2,(H2,18,22)(H,20,21,23);1H,(H,2,3). The molecule has 3 aromatic rings. The molecule has 11 heteroatoms. The van der Waals surface area contributed by atoms with E-state index in [1.807, 2.05) is 29.2 Å². The van der Waals surface area contributed by atoms with Gasteiger partial charge in [-0.05, 0) is 12.1 Å². The van der Waals surface area contributed by atoms with Crippen LogP contribution >= 0.6 is 0 Å². The summed E-state index contributed by atoms with van der Waals surface area (Å²) in [6.07, 6.45) is 4.63. The van der Waals surface area contributed by atoms with Gasteiger partial charge in [0.15, 0.2) is 0 Å². The number of hydrogen-bond donors (Lipinski definition) is 3. The van der Waals surface area contributed by atoms with Crippen molar-refractivity contribution in [3.8, 4) is 11.3 Å². The normalized spacial score (nSPS) is 13.4. The third-order valence-corrected chi connectivity index (χ3v) is 4.35. The van der Waals surface area contributed by atoms with Gasteiger partial charge in [0.2, 0.25) is 5.95 Å². The maximum atomic E-state index is 12.7. The molecule has 0 radical (unpaired) electrons. The molecule has 0 atom stereocenters. The SMILES string of the molecule is Nc1cncc(-c2ccc(C(=O)N3CCN(c4ncn[nH]4)CC3)cc2)n1.O=CO. The van der Waals surface area contributed by atoms with E-state index in [0.717, 1.165) is 24.6 Å². The minimum atomic E-state index is -0.250. The summed E-state index contributed by atoms with van der Waals surface area (Å²) in [5.74, 6) is 1.13. The predicted octanol–water partition coefficient (Wildman–Crippen LogP) is 0.507. The molecule has 2 aromatic heterocycles. The van der Waals surface area contributed by atoms with Gasteiger partial charge in [0.1, 0.15) is 12.1 Å². The maximum absolute atomic E-state index is 12.7. The number of hydrogen-bond acceptors (Lipinski definition) is 8. The van der Waals surface area contributed by atoms with Crippen LogP contribution in [-0.4, -0.2) is 73.7 Å². The molecule has 0 spiro atoms. The molecule has 1 aliphatic heterocycles. The summed E-state index contributed by atoms with van der Waals surface area (Å²) in [6, 6.07) is 7.35. The molecule has 1 aliphatic rings. The first-order valence-corrected chi connectivity index (χ1v) is 8.77. The monoisotopic (exact) mass is 396 g/mol. The number of benzene rings is 1. The molecule has 4 N–H and O–H groups in total. The highest BCUT2D eigenvalue weighted by Gasteiger charge is 2.23. The Balaban J connectivity index is 0.000000755. The number of amides is 1. The number of carbonyl (C=O) groups is 2. The van der Waals surface area contributed by atoms with E-state index in [-0.39, 0.29) is 12.4 Å². The van der Waals surface area contributed by atoms with Gasteiger partial charge in [-0.15, -0.1) is 0 Å². The van der Waals surface area contributed by atoms with Gasteiger partial charge in [0, 0.05) is 37.3 Å². The van der Waals surface area contributed by atoms with Crippen LogP contribution in [-0.2, 0) is 4.79 Å². The van der Waals surface area contributed by atoms with Crippen molar-refractivity contribution in [3.63, 3.8) is 0 Å². The summed E-state index contributed by atoms with van der Waals surface area (Å²) in [4.78, 5) is 37.4. The molecule has 1 saturated heterocycles. The lowest BCUT2D eigenvalue weighted by molar-refractivity contribution is -0.122. The lowest BCUT2D eigenvalue weighted by Crippen LogP contribution is -2.49. The summed E-state index contributed by atoms with van der Waals surface area (Å²) in [5.41, 5.74) is 7.88. The Morgan fingerprint density at radius 3 is 2.41 bits per heavy atom. The fourth-order valence-corrected chi connectivity index (χ4v) is 2.96. The fourth-order valence-electron chi connectivity index (χ4n) is 2.96. The number of nitrogens with zero attached hydrogens (tertiary/aromatic N) is 6. The number of nitrogens with one attached hydrogen (secondary N) is 1. The van der Waals surface area contributed by atoms with Crippen LogP contribution < -0.4 is 10.6 Å². The highest BCUT2D eigenvalue weighted by Crippen LogP contribution is 2.19. The lowest BCUT2D eigenvalue weighted by atomic mass is 10.1. The summed E-state index contributed by atoms with van der Waals surface area (Å²) < 4.78 is 0. The van der Waals surface area contributed by atoms with E-state index in [4.69, 9.17) is 15.6 Å². The van der Waals surface area contributed by atoms with Crippen LogP contribution in [0.5, 0.6) is 0 Å². The first-order valence-electron chi connectivity index (χ1n) is 8.77. The van der Waals surface area contributed by atoms with E-state index in [0.29, 0.717) is 30.2 Å². The third kappa shape index (κ3) is 4.83. The summed E-state index contributed by atoms with van der Waals surface area (Å²) in [5, 5.41) is 13.6. The summed E-state index contributed by atoms with van der Waals surface area (Å²) in [6.45, 7) is 2.47. The molecule has 0 bridgehead atoms. The molecular formula is C18H20N8O3. The van der Waals surface area contributed by atoms with Gasteiger partial charge in [0.05, 0.1) is 18.1 Å². The zero-order valence-corrected chi connectivity index (χ0v) is 15.5. The average molecular weight is 396 g/mol. The molecular weight excluding hydrogens is 376 g/mol. The van der Waals surface area contributed by atoms with E-state index >= 15 is 0 Å². The third-order valence-electron chi connectivity index (χ3n) is 4.35. The van der Waals surface area contributed by atoms with Crippen molar-refractivity contribution in [2.45, 2.75) is 0 Å². The average Bonchev–Trinajstić information content (AvgIpc) is 3.29. The highest BCUT2D eigenvalue weighted by atomic mass is 16.3. The van der Waals surface area contributed by atoms with Crippen LogP contribution in [0.2, 0.25) is 0 Å². The van der Waals surface area contributed by atoms with Crippen molar-refractivity contribution in [2.75, 3.05) is 36.8 Å².